The van der Waals surface area contributed by atoms with Crippen LogP contribution in [0.2, 0.25) is 0 Å². The van der Waals surface area contributed by atoms with Crippen LogP contribution in [-0.2, 0) is 20.9 Å². The van der Waals surface area contributed by atoms with Gasteiger partial charge in [-0.15, -0.1) is 0 Å². The Balaban J connectivity index is 2.22. The van der Waals surface area contributed by atoms with Crippen molar-refractivity contribution < 1.29 is 14.3 Å². The molecule has 0 radical (unpaired) electrons. The Morgan fingerprint density at radius 1 is 1.35 bits per heavy atom. The van der Waals surface area contributed by atoms with Crippen molar-refractivity contribution in [2.24, 2.45) is 11.8 Å². The van der Waals surface area contributed by atoms with Crippen molar-refractivity contribution >= 4 is 23.4 Å². The monoisotopic (exact) mass is 366 g/mol. The number of unbranched alkanes of at least 4 members (excludes halogenated alkanes) is 1. The molecule has 0 aliphatic heterocycles. The van der Waals surface area contributed by atoms with Gasteiger partial charge in [0.1, 0.15) is 5.82 Å². The van der Waals surface area contributed by atoms with E-state index in [1.807, 2.05) is 13.8 Å². The van der Waals surface area contributed by atoms with Gasteiger partial charge in [-0.3, -0.25) is 23.9 Å². The molecule has 9 nitrogen and oxygen atoms in total. The van der Waals surface area contributed by atoms with Gasteiger partial charge in [-0.1, -0.05) is 20.3 Å². The fourth-order valence-corrected chi connectivity index (χ4v) is 2.80. The second-order valence-electron chi connectivity index (χ2n) is 6.56. The minimum absolute atomic E-state index is 0.0652. The van der Waals surface area contributed by atoms with Gasteiger partial charge in [0.2, 0.25) is 0 Å². The molecule has 1 aliphatic carbocycles. The molecule has 0 unspecified atom stereocenters. The summed E-state index contributed by atoms with van der Waals surface area (Å²) >= 11 is 0. The summed E-state index contributed by atoms with van der Waals surface area (Å²) < 4.78 is 6.29. The van der Waals surface area contributed by atoms with Gasteiger partial charge in [0, 0.05) is 13.1 Å². The molecule has 2 rings (SSSR count). The fourth-order valence-electron chi connectivity index (χ4n) is 2.80. The predicted octanol–water partition coefficient (Wildman–Crippen LogP) is 0.471. The standard InChI is InChI=1S/C17H26N4O5/c1-4-6-7-21-14(18)13(15(23)19-17(21)25)20(5-2)12(22)9-26-16(24)11-8-10(11)3/h10-11H,4-9,18H2,1-3H3,(H,19,23,25)/t10-,11+/m0/s1. The minimum Gasteiger partial charge on any atom is -0.455 e. The molecule has 0 aromatic carbocycles. The van der Waals surface area contributed by atoms with Gasteiger partial charge in [-0.2, -0.15) is 0 Å². The highest BCUT2D eigenvalue weighted by Crippen LogP contribution is 2.38. The quantitative estimate of drug-likeness (QED) is 0.644. The van der Waals surface area contributed by atoms with Gasteiger partial charge >= 0.3 is 11.7 Å². The fraction of sp³-hybridized carbons (Fsp3) is 0.647. The second-order valence-corrected chi connectivity index (χ2v) is 6.56. The molecule has 1 saturated carbocycles. The minimum atomic E-state index is -0.738. The normalized spacial score (nSPS) is 18.4. The van der Waals surface area contributed by atoms with E-state index in [4.69, 9.17) is 10.5 Å². The highest BCUT2D eigenvalue weighted by atomic mass is 16.5. The first kappa shape index (κ1) is 19.7. The molecule has 1 fully saturated rings. The maximum absolute atomic E-state index is 12.5. The molecular weight excluding hydrogens is 340 g/mol. The Labute approximate surface area is 151 Å². The van der Waals surface area contributed by atoms with Crippen molar-refractivity contribution in [2.45, 2.75) is 46.6 Å². The average molecular weight is 366 g/mol. The molecule has 0 saturated heterocycles. The molecule has 1 aliphatic rings. The number of nitrogens with one attached hydrogen (secondary N) is 1. The molecule has 144 valence electrons. The van der Waals surface area contributed by atoms with Crippen LogP contribution in [0.1, 0.15) is 40.0 Å². The van der Waals surface area contributed by atoms with Gasteiger partial charge in [0.05, 0.1) is 5.92 Å². The third kappa shape index (κ3) is 4.14. The van der Waals surface area contributed by atoms with E-state index in [1.54, 1.807) is 6.92 Å². The van der Waals surface area contributed by atoms with E-state index < -0.39 is 29.7 Å². The van der Waals surface area contributed by atoms with Crippen molar-refractivity contribution in [1.82, 2.24) is 9.55 Å². The number of likely N-dealkylation sites (N-methyl/N-ethyl adjacent to an activating group) is 1. The summed E-state index contributed by atoms with van der Waals surface area (Å²) in [7, 11) is 0. The smallest absolute Gasteiger partial charge is 0.330 e. The molecule has 3 N–H and O–H groups in total. The molecule has 26 heavy (non-hydrogen) atoms. The number of nitrogens with two attached hydrogens (primary N) is 1. The number of ether oxygens (including phenoxy) is 1. The van der Waals surface area contributed by atoms with Gasteiger partial charge in [0.15, 0.2) is 12.3 Å². The molecule has 9 heteroatoms. The Bertz CT molecular complexity index is 797. The van der Waals surface area contributed by atoms with Crippen molar-refractivity contribution in [3.8, 4) is 0 Å². The van der Waals surface area contributed by atoms with Crippen LogP contribution in [-0.4, -0.2) is 34.6 Å². The lowest BCUT2D eigenvalue weighted by atomic mass is 10.3. The third-order valence-electron chi connectivity index (χ3n) is 4.59. The van der Waals surface area contributed by atoms with Crippen LogP contribution in [0.4, 0.5) is 11.5 Å². The number of carbonyl (C=O) groups is 2. The third-order valence-corrected chi connectivity index (χ3v) is 4.59. The van der Waals surface area contributed by atoms with E-state index >= 15 is 0 Å². The Morgan fingerprint density at radius 3 is 2.54 bits per heavy atom. The number of aromatic amines is 1. The lowest BCUT2D eigenvalue weighted by Gasteiger charge is -2.23. The number of rotatable bonds is 8. The number of anilines is 2. The van der Waals surface area contributed by atoms with Crippen LogP contribution in [0.5, 0.6) is 0 Å². The summed E-state index contributed by atoms with van der Waals surface area (Å²) in [6, 6.07) is 0. The van der Waals surface area contributed by atoms with Gasteiger partial charge in [0.25, 0.3) is 11.5 Å². The van der Waals surface area contributed by atoms with E-state index in [9.17, 15) is 19.2 Å². The second kappa shape index (κ2) is 8.20. The average Bonchev–Trinajstić information content (AvgIpc) is 3.32. The lowest BCUT2D eigenvalue weighted by molar-refractivity contribution is -0.149. The molecule has 0 spiro atoms. The summed E-state index contributed by atoms with van der Waals surface area (Å²) in [6.07, 6.45) is 2.30. The Morgan fingerprint density at radius 2 is 2.00 bits per heavy atom. The highest BCUT2D eigenvalue weighted by Gasteiger charge is 2.40. The maximum atomic E-state index is 12.5. The van der Waals surface area contributed by atoms with Crippen LogP contribution in [0.15, 0.2) is 9.59 Å². The molecule has 1 heterocycles. The summed E-state index contributed by atoms with van der Waals surface area (Å²) in [5.74, 6) is -0.906. The van der Waals surface area contributed by atoms with Crippen molar-refractivity contribution in [3.63, 3.8) is 0 Å². The van der Waals surface area contributed by atoms with Crippen molar-refractivity contribution in [1.29, 1.82) is 0 Å². The zero-order valence-electron chi connectivity index (χ0n) is 15.4. The number of aromatic nitrogens is 2. The Kier molecular flexibility index (Phi) is 6.23. The van der Waals surface area contributed by atoms with E-state index in [2.05, 4.69) is 4.98 Å². The predicted molar refractivity (Wildman–Crippen MR) is 96.9 cm³/mol. The van der Waals surface area contributed by atoms with Crippen molar-refractivity contribution in [2.75, 3.05) is 23.8 Å². The van der Waals surface area contributed by atoms with E-state index in [0.717, 1.165) is 17.7 Å². The topological polar surface area (TPSA) is 127 Å². The number of nitrogens with zero attached hydrogens (tertiary/aromatic N) is 2. The maximum Gasteiger partial charge on any atom is 0.330 e. The summed E-state index contributed by atoms with van der Waals surface area (Å²) in [4.78, 5) is 51.8. The van der Waals surface area contributed by atoms with E-state index in [-0.39, 0.29) is 29.9 Å². The van der Waals surface area contributed by atoms with Gasteiger partial charge in [-0.05, 0) is 25.7 Å². The zero-order valence-corrected chi connectivity index (χ0v) is 15.4. The number of H-pyrrole nitrogens is 1. The van der Waals surface area contributed by atoms with E-state index in [1.165, 1.54) is 4.57 Å². The van der Waals surface area contributed by atoms with E-state index in [0.29, 0.717) is 13.0 Å². The zero-order chi connectivity index (χ0) is 19.4. The first-order chi connectivity index (χ1) is 12.3. The van der Waals surface area contributed by atoms with Crippen LogP contribution in [0.25, 0.3) is 0 Å². The lowest BCUT2D eigenvalue weighted by Crippen LogP contribution is -2.42. The first-order valence-corrected chi connectivity index (χ1v) is 8.91. The number of esters is 1. The van der Waals surface area contributed by atoms with Crippen LogP contribution >= 0.6 is 0 Å². The number of hydrogen-bond acceptors (Lipinski definition) is 6. The molecule has 1 aromatic heterocycles. The summed E-state index contributed by atoms with van der Waals surface area (Å²) in [6.45, 7) is 5.59. The van der Waals surface area contributed by atoms with Gasteiger partial charge < -0.3 is 15.4 Å². The summed E-state index contributed by atoms with van der Waals surface area (Å²) in [5.41, 5.74) is 4.57. The van der Waals surface area contributed by atoms with Crippen LogP contribution in [0.3, 0.4) is 0 Å². The number of carbonyl (C=O) groups excluding carboxylic acids is 2. The highest BCUT2D eigenvalue weighted by molar-refractivity contribution is 5.97. The SMILES string of the molecule is CCCCn1c(N)c(N(CC)C(=O)COC(=O)[C@@H]2C[C@@H]2C)c(=O)[nH]c1=O. The number of amides is 1. The molecule has 0 bridgehead atoms. The van der Waals surface area contributed by atoms with Crippen LogP contribution in [0, 0.1) is 11.8 Å². The Hall–Kier alpha value is -2.58. The molecule has 1 aromatic rings. The number of nitrogen functional groups attached to an aromatic ring is 1. The molecule has 2 atom stereocenters. The number of hydrogen-bond donors (Lipinski definition) is 2. The van der Waals surface area contributed by atoms with Crippen molar-refractivity contribution in [3.05, 3.63) is 20.8 Å². The largest absolute Gasteiger partial charge is 0.455 e. The first-order valence-electron chi connectivity index (χ1n) is 8.91. The van der Waals surface area contributed by atoms with Crippen LogP contribution < -0.4 is 21.9 Å². The van der Waals surface area contributed by atoms with Gasteiger partial charge in [-0.25, -0.2) is 4.79 Å². The molecular formula is C17H26N4O5. The summed E-state index contributed by atoms with van der Waals surface area (Å²) in [5, 5.41) is 0. The molecule has 1 amide bonds.